The van der Waals surface area contributed by atoms with Crippen LogP contribution in [0.25, 0.3) is 0 Å². The molecule has 2 rings (SSSR count). The lowest BCUT2D eigenvalue weighted by Gasteiger charge is -2.22. The maximum Gasteiger partial charge on any atom is 0.321 e. The number of hydrogen-bond donors (Lipinski definition) is 0. The summed E-state index contributed by atoms with van der Waals surface area (Å²) in [5, 5.41) is 0. The first kappa shape index (κ1) is 21.4. The predicted octanol–water partition coefficient (Wildman–Crippen LogP) is 4.62. The summed E-state index contributed by atoms with van der Waals surface area (Å²) in [4.78, 5) is 12.9. The summed E-state index contributed by atoms with van der Waals surface area (Å²) in [5.41, 5.74) is -0.654. The van der Waals surface area contributed by atoms with Gasteiger partial charge in [-0.15, -0.1) is 11.3 Å². The highest BCUT2D eigenvalue weighted by Gasteiger charge is 2.27. The van der Waals surface area contributed by atoms with E-state index in [0.29, 0.717) is 0 Å². The van der Waals surface area contributed by atoms with Crippen molar-refractivity contribution in [2.75, 3.05) is 13.6 Å². The number of carbonyl (C=O) groups is 1. The number of esters is 1. The smallest absolute Gasteiger partial charge is 0.321 e. The minimum Gasteiger partial charge on any atom is -0.459 e. The van der Waals surface area contributed by atoms with Gasteiger partial charge in [0.15, 0.2) is 0 Å². The van der Waals surface area contributed by atoms with Crippen LogP contribution in [0.3, 0.4) is 0 Å². The number of nitrogens with zero attached hydrogens (tertiary/aromatic N) is 1. The molecule has 0 fully saturated rings. The highest BCUT2D eigenvalue weighted by molar-refractivity contribution is 9.10. The number of ether oxygens (including phenoxy) is 1. The zero-order valence-corrected chi connectivity index (χ0v) is 18.9. The molecule has 0 amide bonds. The Bertz CT molecular complexity index is 870. The molecule has 0 radical (unpaired) electrons. The number of sulfonamides is 1. The van der Waals surface area contributed by atoms with Gasteiger partial charge in [0.1, 0.15) is 16.4 Å². The van der Waals surface area contributed by atoms with Crippen LogP contribution in [-0.2, 0) is 19.6 Å². The van der Waals surface area contributed by atoms with E-state index in [1.165, 1.54) is 30.1 Å². The highest BCUT2D eigenvalue weighted by Crippen LogP contribution is 2.36. The van der Waals surface area contributed by atoms with Gasteiger partial charge in [0.05, 0.1) is 4.21 Å². The quantitative estimate of drug-likeness (QED) is 0.567. The minimum absolute atomic E-state index is 0.197. The van der Waals surface area contributed by atoms with Crippen LogP contribution in [-0.4, -0.2) is 37.9 Å². The molecule has 1 aromatic carbocycles. The van der Waals surface area contributed by atoms with E-state index in [1.807, 2.05) is 24.3 Å². The first-order valence-electron chi connectivity index (χ1n) is 7.69. The third-order valence-corrected chi connectivity index (χ3v) is 8.05. The number of thiophene rings is 1. The molecule has 0 N–H and O–H groups in total. The lowest BCUT2D eigenvalue weighted by molar-refractivity contribution is -0.154. The van der Waals surface area contributed by atoms with E-state index in [2.05, 4.69) is 15.9 Å². The Morgan fingerprint density at radius 3 is 2.38 bits per heavy atom. The molecule has 1 aromatic heterocycles. The molecule has 142 valence electrons. The summed E-state index contributed by atoms with van der Waals surface area (Å²) in [5.74, 6) is -0.579. The van der Waals surface area contributed by atoms with Crippen molar-refractivity contribution >= 4 is 55.0 Å². The van der Waals surface area contributed by atoms with Crippen LogP contribution in [0.1, 0.15) is 20.8 Å². The second-order valence-corrected chi connectivity index (χ2v) is 12.1. The molecule has 0 saturated heterocycles. The number of benzene rings is 1. The Morgan fingerprint density at radius 2 is 1.81 bits per heavy atom. The van der Waals surface area contributed by atoms with Gasteiger partial charge in [-0.25, -0.2) is 8.42 Å². The van der Waals surface area contributed by atoms with E-state index in [9.17, 15) is 13.2 Å². The summed E-state index contributed by atoms with van der Waals surface area (Å²) in [6, 6.07) is 11.1. The molecular formula is C17H20BrNO4S3. The van der Waals surface area contributed by atoms with E-state index in [1.54, 1.807) is 32.9 Å². The largest absolute Gasteiger partial charge is 0.459 e. The van der Waals surface area contributed by atoms with Crippen LogP contribution < -0.4 is 0 Å². The molecule has 0 aliphatic carbocycles. The van der Waals surface area contributed by atoms with Crippen LogP contribution >= 0.6 is 39.0 Å². The molecule has 26 heavy (non-hydrogen) atoms. The number of rotatable bonds is 6. The van der Waals surface area contributed by atoms with E-state index >= 15 is 0 Å². The van der Waals surface area contributed by atoms with Crippen molar-refractivity contribution in [3.63, 3.8) is 0 Å². The van der Waals surface area contributed by atoms with Crippen LogP contribution in [0.4, 0.5) is 0 Å². The van der Waals surface area contributed by atoms with Crippen molar-refractivity contribution in [3.05, 3.63) is 40.9 Å². The Balaban J connectivity index is 2.08. The first-order valence-corrected chi connectivity index (χ1v) is 11.6. The number of hydrogen-bond acceptors (Lipinski definition) is 6. The van der Waals surface area contributed by atoms with Gasteiger partial charge in [-0.3, -0.25) is 4.79 Å². The average Bonchev–Trinajstić information content (AvgIpc) is 2.96. The summed E-state index contributed by atoms with van der Waals surface area (Å²) in [7, 11) is -2.36. The topological polar surface area (TPSA) is 63.7 Å². The van der Waals surface area contributed by atoms with E-state index in [-0.39, 0.29) is 10.8 Å². The molecule has 9 heteroatoms. The third-order valence-electron chi connectivity index (χ3n) is 3.03. The van der Waals surface area contributed by atoms with Gasteiger partial charge < -0.3 is 4.74 Å². The fourth-order valence-electron chi connectivity index (χ4n) is 1.91. The minimum atomic E-state index is -3.74. The van der Waals surface area contributed by atoms with E-state index in [0.717, 1.165) is 17.9 Å². The molecule has 0 aliphatic heterocycles. The molecule has 0 saturated carbocycles. The van der Waals surface area contributed by atoms with Crippen LogP contribution in [0.2, 0.25) is 0 Å². The molecule has 1 heterocycles. The van der Waals surface area contributed by atoms with Gasteiger partial charge in [0, 0.05) is 16.4 Å². The summed E-state index contributed by atoms with van der Waals surface area (Å²) < 4.78 is 33.6. The molecule has 0 unspecified atom stereocenters. The van der Waals surface area contributed by atoms with Gasteiger partial charge in [-0.1, -0.05) is 27.7 Å². The lowest BCUT2D eigenvalue weighted by Crippen LogP contribution is -2.35. The molecule has 0 spiro atoms. The van der Waals surface area contributed by atoms with Gasteiger partial charge in [-0.2, -0.15) is 4.31 Å². The van der Waals surface area contributed by atoms with E-state index < -0.39 is 21.6 Å². The molecule has 5 nitrogen and oxygen atoms in total. The normalized spacial score (nSPS) is 12.4. The lowest BCUT2D eigenvalue weighted by atomic mass is 10.2. The van der Waals surface area contributed by atoms with Crippen molar-refractivity contribution in [1.82, 2.24) is 4.31 Å². The standard InChI is InChI=1S/C17H20BrNO4S3/c1-17(2,3)23-14(20)11-19(4)26(21,22)16-10-9-15(25-16)24-13-7-5-12(18)6-8-13/h5-10H,11H2,1-4H3. The fourth-order valence-corrected chi connectivity index (χ4v) is 6.06. The van der Waals surface area contributed by atoms with Crippen molar-refractivity contribution in [2.24, 2.45) is 0 Å². The summed E-state index contributed by atoms with van der Waals surface area (Å²) in [6.07, 6.45) is 0. The zero-order chi connectivity index (χ0) is 19.5. The van der Waals surface area contributed by atoms with E-state index in [4.69, 9.17) is 4.74 Å². The first-order chi connectivity index (χ1) is 12.0. The third kappa shape index (κ3) is 6.09. The second kappa shape index (κ2) is 8.43. The van der Waals surface area contributed by atoms with Crippen LogP contribution in [0.15, 0.2) is 54.2 Å². The average molecular weight is 478 g/mol. The highest BCUT2D eigenvalue weighted by atomic mass is 79.9. The predicted molar refractivity (Wildman–Crippen MR) is 108 cm³/mol. The zero-order valence-electron chi connectivity index (χ0n) is 14.9. The number of carbonyl (C=O) groups excluding carboxylic acids is 1. The molecule has 0 bridgehead atoms. The molecule has 2 aromatic rings. The monoisotopic (exact) mass is 477 g/mol. The van der Waals surface area contributed by atoms with Gasteiger partial charge in [0.2, 0.25) is 0 Å². The summed E-state index contributed by atoms with van der Waals surface area (Å²) >= 11 is 6.05. The maximum absolute atomic E-state index is 12.7. The molecule has 0 atom stereocenters. The molecular weight excluding hydrogens is 458 g/mol. The van der Waals surface area contributed by atoms with Gasteiger partial charge in [0.25, 0.3) is 10.0 Å². The Labute approximate surface area is 170 Å². The summed E-state index contributed by atoms with van der Waals surface area (Å²) in [6.45, 7) is 4.89. The maximum atomic E-state index is 12.7. The van der Waals surface area contributed by atoms with Crippen LogP contribution in [0, 0.1) is 0 Å². The number of halogens is 1. The van der Waals surface area contributed by atoms with Crippen molar-refractivity contribution in [3.8, 4) is 0 Å². The SMILES string of the molecule is CN(CC(=O)OC(C)(C)C)S(=O)(=O)c1ccc(Sc2ccc(Br)cc2)s1. The van der Waals surface area contributed by atoms with Crippen LogP contribution in [0.5, 0.6) is 0 Å². The van der Waals surface area contributed by atoms with Crippen molar-refractivity contribution in [2.45, 2.75) is 39.7 Å². The second-order valence-electron chi connectivity index (χ2n) is 6.48. The van der Waals surface area contributed by atoms with Gasteiger partial charge in [-0.05, 0) is 57.2 Å². The van der Waals surface area contributed by atoms with Crippen molar-refractivity contribution < 1.29 is 17.9 Å². The fraction of sp³-hybridized carbons (Fsp3) is 0.353. The Kier molecular flexibility index (Phi) is 6.95. The van der Waals surface area contributed by atoms with Crippen molar-refractivity contribution in [1.29, 1.82) is 0 Å². The molecule has 0 aliphatic rings. The Hall–Kier alpha value is -0.870. The van der Waals surface area contributed by atoms with Gasteiger partial charge >= 0.3 is 5.97 Å². The Morgan fingerprint density at radius 1 is 1.19 bits per heavy atom. The number of likely N-dealkylation sites (N-methyl/N-ethyl adjacent to an activating group) is 1.